The van der Waals surface area contributed by atoms with E-state index in [1.807, 2.05) is 19.2 Å². The highest BCUT2D eigenvalue weighted by Gasteiger charge is 2.20. The lowest BCUT2D eigenvalue weighted by Gasteiger charge is -2.28. The van der Waals surface area contributed by atoms with E-state index in [1.54, 1.807) is 12.3 Å². The lowest BCUT2D eigenvalue weighted by molar-refractivity contribution is 0.0946. The molecule has 1 aromatic carbocycles. The minimum absolute atomic E-state index is 0.119. The molecule has 0 bridgehead atoms. The third-order valence-corrected chi connectivity index (χ3v) is 6.05. The molecule has 0 spiro atoms. The van der Waals surface area contributed by atoms with Crippen molar-refractivity contribution in [3.63, 3.8) is 0 Å². The molecule has 1 aliphatic rings. The van der Waals surface area contributed by atoms with Gasteiger partial charge in [-0.15, -0.1) is 11.8 Å². The molecule has 0 fully saturated rings. The number of carbonyl (C=O) groups is 1. The van der Waals surface area contributed by atoms with E-state index in [-0.39, 0.29) is 5.91 Å². The number of carbonyl (C=O) groups excluding carboxylic acids is 1. The Morgan fingerprint density at radius 2 is 2.03 bits per heavy atom. The number of benzene rings is 1. The number of amides is 1. The van der Waals surface area contributed by atoms with Crippen LogP contribution >= 0.6 is 11.8 Å². The predicted octanol–water partition coefficient (Wildman–Crippen LogP) is 3.95. The van der Waals surface area contributed by atoms with Crippen LogP contribution < -0.4 is 5.32 Å². The first-order chi connectivity index (χ1) is 14.7. The molecule has 156 valence electrons. The molecule has 0 unspecified atom stereocenters. The molecular weight excluding hydrogens is 396 g/mol. The van der Waals surface area contributed by atoms with Crippen LogP contribution in [0.25, 0.3) is 11.6 Å². The van der Waals surface area contributed by atoms with Crippen LogP contribution in [-0.4, -0.2) is 46.7 Å². The Morgan fingerprint density at radius 1 is 1.20 bits per heavy atom. The minimum Gasteiger partial charge on any atom is -0.461 e. The summed E-state index contributed by atoms with van der Waals surface area (Å²) < 4.78 is 5.39. The van der Waals surface area contributed by atoms with Crippen LogP contribution in [0, 0.1) is 6.92 Å². The van der Waals surface area contributed by atoms with Gasteiger partial charge in [0.05, 0.1) is 17.5 Å². The van der Waals surface area contributed by atoms with Crippen molar-refractivity contribution in [1.82, 2.24) is 20.2 Å². The van der Waals surface area contributed by atoms with Crippen LogP contribution in [0.2, 0.25) is 0 Å². The summed E-state index contributed by atoms with van der Waals surface area (Å²) in [4.78, 5) is 24.3. The molecule has 0 saturated carbocycles. The van der Waals surface area contributed by atoms with Gasteiger partial charge >= 0.3 is 0 Å². The minimum atomic E-state index is -0.119. The SMILES string of the molecule is CSc1nc(-c2ccco2)nc(C)c1C(=O)NCCCN1CCc2ccccc2C1. The van der Waals surface area contributed by atoms with Gasteiger partial charge in [0.2, 0.25) is 0 Å². The summed E-state index contributed by atoms with van der Waals surface area (Å²) in [6.45, 7) is 5.50. The quantitative estimate of drug-likeness (QED) is 0.353. The first kappa shape index (κ1) is 20.6. The molecule has 0 atom stereocenters. The van der Waals surface area contributed by atoms with E-state index in [4.69, 9.17) is 4.42 Å². The summed E-state index contributed by atoms with van der Waals surface area (Å²) in [5.41, 5.74) is 4.08. The van der Waals surface area contributed by atoms with Crippen molar-refractivity contribution < 1.29 is 9.21 Å². The zero-order valence-electron chi connectivity index (χ0n) is 17.4. The van der Waals surface area contributed by atoms with Crippen molar-refractivity contribution in [2.24, 2.45) is 0 Å². The van der Waals surface area contributed by atoms with E-state index in [0.29, 0.717) is 34.4 Å². The number of hydrogen-bond donors (Lipinski definition) is 1. The number of nitrogens with one attached hydrogen (secondary N) is 1. The van der Waals surface area contributed by atoms with Gasteiger partial charge in [0, 0.05) is 26.2 Å². The Labute approximate surface area is 181 Å². The van der Waals surface area contributed by atoms with E-state index in [0.717, 1.165) is 32.5 Å². The van der Waals surface area contributed by atoms with Gasteiger partial charge in [-0.1, -0.05) is 24.3 Å². The van der Waals surface area contributed by atoms with Crippen LogP contribution in [0.5, 0.6) is 0 Å². The molecule has 1 aliphatic heterocycles. The molecule has 0 radical (unpaired) electrons. The monoisotopic (exact) mass is 422 g/mol. The maximum atomic E-state index is 12.8. The molecule has 1 amide bonds. The topological polar surface area (TPSA) is 71.3 Å². The largest absolute Gasteiger partial charge is 0.461 e. The van der Waals surface area contributed by atoms with E-state index < -0.39 is 0 Å². The Kier molecular flexibility index (Phi) is 6.50. The molecule has 3 heterocycles. The van der Waals surface area contributed by atoms with Gasteiger partial charge in [-0.05, 0) is 49.3 Å². The molecule has 6 nitrogen and oxygen atoms in total. The second-order valence-electron chi connectivity index (χ2n) is 7.40. The number of aromatic nitrogens is 2. The third-order valence-electron chi connectivity index (χ3n) is 5.37. The molecule has 7 heteroatoms. The Balaban J connectivity index is 1.33. The number of furan rings is 1. The highest BCUT2D eigenvalue weighted by molar-refractivity contribution is 7.98. The lowest BCUT2D eigenvalue weighted by Crippen LogP contribution is -2.34. The van der Waals surface area contributed by atoms with Gasteiger partial charge in [0.25, 0.3) is 5.91 Å². The van der Waals surface area contributed by atoms with Crippen LogP contribution in [0.1, 0.15) is 33.6 Å². The summed E-state index contributed by atoms with van der Waals surface area (Å²) in [7, 11) is 0. The highest BCUT2D eigenvalue weighted by atomic mass is 32.2. The summed E-state index contributed by atoms with van der Waals surface area (Å²) >= 11 is 1.44. The Bertz CT molecular complexity index is 1020. The van der Waals surface area contributed by atoms with E-state index >= 15 is 0 Å². The summed E-state index contributed by atoms with van der Waals surface area (Å²) in [5.74, 6) is 0.985. The molecular formula is C23H26N4O2S. The second kappa shape index (κ2) is 9.45. The number of fused-ring (bicyclic) bond motifs is 1. The number of rotatable bonds is 7. The zero-order chi connectivity index (χ0) is 20.9. The normalized spacial score (nSPS) is 13.8. The van der Waals surface area contributed by atoms with Gasteiger partial charge in [0.1, 0.15) is 5.03 Å². The van der Waals surface area contributed by atoms with Crippen molar-refractivity contribution in [3.05, 3.63) is 65.0 Å². The fraction of sp³-hybridized carbons (Fsp3) is 0.348. The lowest BCUT2D eigenvalue weighted by atomic mass is 10.00. The fourth-order valence-electron chi connectivity index (χ4n) is 3.81. The number of nitrogens with zero attached hydrogens (tertiary/aromatic N) is 3. The van der Waals surface area contributed by atoms with Crippen molar-refractivity contribution >= 4 is 17.7 Å². The zero-order valence-corrected chi connectivity index (χ0v) is 18.2. The van der Waals surface area contributed by atoms with Gasteiger partial charge in [0.15, 0.2) is 11.6 Å². The molecule has 0 saturated heterocycles. The predicted molar refractivity (Wildman–Crippen MR) is 119 cm³/mol. The van der Waals surface area contributed by atoms with E-state index in [2.05, 4.69) is 44.5 Å². The first-order valence-electron chi connectivity index (χ1n) is 10.2. The average Bonchev–Trinajstić information content (AvgIpc) is 3.31. The van der Waals surface area contributed by atoms with Gasteiger partial charge < -0.3 is 9.73 Å². The highest BCUT2D eigenvalue weighted by Crippen LogP contribution is 2.25. The maximum Gasteiger partial charge on any atom is 0.255 e. The van der Waals surface area contributed by atoms with Gasteiger partial charge in [-0.2, -0.15) is 0 Å². The summed E-state index contributed by atoms with van der Waals surface area (Å²) in [6.07, 6.45) is 5.51. The molecule has 30 heavy (non-hydrogen) atoms. The van der Waals surface area contributed by atoms with Crippen LogP contribution in [0.3, 0.4) is 0 Å². The first-order valence-corrected chi connectivity index (χ1v) is 11.4. The molecule has 3 aromatic rings. The smallest absolute Gasteiger partial charge is 0.255 e. The third kappa shape index (κ3) is 4.57. The van der Waals surface area contributed by atoms with Gasteiger partial charge in [-0.25, -0.2) is 9.97 Å². The number of aryl methyl sites for hydroxylation is 1. The fourth-order valence-corrected chi connectivity index (χ4v) is 4.43. The summed E-state index contributed by atoms with van der Waals surface area (Å²) in [5, 5.41) is 3.71. The maximum absolute atomic E-state index is 12.8. The van der Waals surface area contributed by atoms with E-state index in [9.17, 15) is 4.79 Å². The number of hydrogen-bond acceptors (Lipinski definition) is 6. The molecule has 2 aromatic heterocycles. The molecule has 4 rings (SSSR count). The molecule has 0 aliphatic carbocycles. The summed E-state index contributed by atoms with van der Waals surface area (Å²) in [6, 6.07) is 12.3. The van der Waals surface area contributed by atoms with Crippen molar-refractivity contribution in [1.29, 1.82) is 0 Å². The van der Waals surface area contributed by atoms with Crippen molar-refractivity contribution in [3.8, 4) is 11.6 Å². The van der Waals surface area contributed by atoms with Crippen LogP contribution in [0.15, 0.2) is 52.1 Å². The molecule has 1 N–H and O–H groups in total. The Hall–Kier alpha value is -2.64. The Morgan fingerprint density at radius 3 is 2.80 bits per heavy atom. The standard InChI is InChI=1S/C23H26N4O2S/c1-16-20(23(30-2)26-21(25-16)19-9-5-14-29-19)22(28)24-11-6-12-27-13-10-17-7-3-4-8-18(17)15-27/h3-5,7-9,14H,6,10-13,15H2,1-2H3,(H,24,28). The van der Waals surface area contributed by atoms with Crippen LogP contribution in [0.4, 0.5) is 0 Å². The van der Waals surface area contributed by atoms with Crippen molar-refractivity contribution in [2.75, 3.05) is 25.9 Å². The van der Waals surface area contributed by atoms with E-state index in [1.165, 1.54) is 22.9 Å². The van der Waals surface area contributed by atoms with Crippen molar-refractivity contribution in [2.45, 2.75) is 31.3 Å². The van der Waals surface area contributed by atoms with Gasteiger partial charge in [-0.3, -0.25) is 9.69 Å². The number of thioether (sulfide) groups is 1. The van der Waals surface area contributed by atoms with Crippen LogP contribution in [-0.2, 0) is 13.0 Å². The second-order valence-corrected chi connectivity index (χ2v) is 8.19. The average molecular weight is 423 g/mol.